The summed E-state index contributed by atoms with van der Waals surface area (Å²) in [4.78, 5) is 29.8. The molecule has 3 aromatic rings. The van der Waals surface area contributed by atoms with E-state index in [-0.39, 0.29) is 18.1 Å². The number of rotatable bonds is 11. The van der Waals surface area contributed by atoms with Gasteiger partial charge in [0.05, 0.1) is 5.60 Å². The van der Waals surface area contributed by atoms with E-state index in [0.29, 0.717) is 44.0 Å². The first-order valence-corrected chi connectivity index (χ1v) is 17.1. The first-order chi connectivity index (χ1) is 22.3. The molecule has 0 saturated carbocycles. The molecule has 2 aliphatic heterocycles. The molecule has 246 valence electrons. The zero-order valence-corrected chi connectivity index (χ0v) is 27.6. The molecular weight excluding hydrogens is 598 g/mol. The van der Waals surface area contributed by atoms with Crippen molar-refractivity contribution >= 4 is 23.7 Å². The number of amides is 4. The van der Waals surface area contributed by atoms with E-state index in [1.807, 2.05) is 48.2 Å². The number of hydrogen-bond donors (Lipinski definition) is 4. The maximum absolute atomic E-state index is 13.3. The van der Waals surface area contributed by atoms with E-state index in [4.69, 9.17) is 11.6 Å². The standard InChI is InChI=1S/C37H48ClN5O3/c1-2-39-35(45)43-24-18-33(19-25-43)41-34(44)40-28-36(29-10-5-3-6-11-29,30-12-7-4-8-13-30)20-9-23-42-26-21-37(46,22-27-42)31-14-16-32(38)17-15-31/h3-8,10-17,33,46H,2,9,18-28H2,1H3,(H,39,45)(H2,40,41,44). The molecular formula is C37H48ClN5O3. The van der Waals surface area contributed by atoms with Crippen LogP contribution in [0.15, 0.2) is 84.9 Å². The van der Waals surface area contributed by atoms with Crippen molar-refractivity contribution in [2.75, 3.05) is 45.8 Å². The number of benzene rings is 3. The van der Waals surface area contributed by atoms with Crippen LogP contribution in [0.4, 0.5) is 9.59 Å². The summed E-state index contributed by atoms with van der Waals surface area (Å²) in [7, 11) is 0. The van der Waals surface area contributed by atoms with Gasteiger partial charge in [-0.3, -0.25) is 0 Å². The van der Waals surface area contributed by atoms with Crippen LogP contribution < -0.4 is 16.0 Å². The Kier molecular flexibility index (Phi) is 11.6. The third-order valence-electron chi connectivity index (χ3n) is 9.79. The number of halogens is 1. The highest BCUT2D eigenvalue weighted by atomic mass is 35.5. The van der Waals surface area contributed by atoms with Crippen LogP contribution in [0.25, 0.3) is 0 Å². The molecule has 2 heterocycles. The van der Waals surface area contributed by atoms with Crippen molar-refractivity contribution in [2.24, 2.45) is 0 Å². The Morgan fingerprint density at radius 1 is 0.870 bits per heavy atom. The summed E-state index contributed by atoms with van der Waals surface area (Å²) >= 11 is 6.08. The molecule has 2 saturated heterocycles. The van der Waals surface area contributed by atoms with Gasteiger partial charge in [-0.1, -0.05) is 84.4 Å². The second-order valence-corrected chi connectivity index (χ2v) is 13.2. The minimum Gasteiger partial charge on any atom is -0.385 e. The van der Waals surface area contributed by atoms with Gasteiger partial charge < -0.3 is 30.9 Å². The molecule has 4 amide bonds. The summed E-state index contributed by atoms with van der Waals surface area (Å²) in [6.45, 7) is 6.79. The number of likely N-dealkylation sites (tertiary alicyclic amines) is 2. The van der Waals surface area contributed by atoms with Crippen LogP contribution >= 0.6 is 11.6 Å². The average molecular weight is 646 g/mol. The predicted octanol–water partition coefficient (Wildman–Crippen LogP) is 5.88. The monoisotopic (exact) mass is 645 g/mol. The lowest BCUT2D eigenvalue weighted by molar-refractivity contribution is -0.0262. The number of aliphatic hydroxyl groups is 1. The molecule has 0 spiro atoms. The molecule has 9 heteroatoms. The number of urea groups is 2. The maximum Gasteiger partial charge on any atom is 0.317 e. The zero-order valence-electron chi connectivity index (χ0n) is 26.9. The third kappa shape index (κ3) is 8.41. The molecule has 2 aliphatic rings. The molecule has 4 N–H and O–H groups in total. The lowest BCUT2D eigenvalue weighted by Crippen LogP contribution is -2.52. The molecule has 5 rings (SSSR count). The molecule has 0 bridgehead atoms. The number of nitrogens with one attached hydrogen (secondary N) is 3. The normalized spacial score (nSPS) is 17.3. The fourth-order valence-corrected chi connectivity index (χ4v) is 7.15. The van der Waals surface area contributed by atoms with Crippen LogP contribution in [0.5, 0.6) is 0 Å². The van der Waals surface area contributed by atoms with Gasteiger partial charge in [-0.2, -0.15) is 0 Å². The van der Waals surface area contributed by atoms with Gasteiger partial charge in [0.25, 0.3) is 0 Å². The number of nitrogens with zero attached hydrogens (tertiary/aromatic N) is 2. The highest BCUT2D eigenvalue weighted by molar-refractivity contribution is 6.30. The van der Waals surface area contributed by atoms with Crippen molar-refractivity contribution in [1.29, 1.82) is 0 Å². The van der Waals surface area contributed by atoms with Crippen molar-refractivity contribution in [3.63, 3.8) is 0 Å². The summed E-state index contributed by atoms with van der Waals surface area (Å²) in [5.41, 5.74) is 2.04. The number of hydrogen-bond acceptors (Lipinski definition) is 4. The van der Waals surface area contributed by atoms with Crippen LogP contribution in [0, 0.1) is 0 Å². The van der Waals surface area contributed by atoms with Gasteiger partial charge in [-0.15, -0.1) is 0 Å². The van der Waals surface area contributed by atoms with Gasteiger partial charge in [0, 0.05) is 55.7 Å². The Labute approximate surface area is 278 Å². The zero-order chi connectivity index (χ0) is 32.4. The largest absolute Gasteiger partial charge is 0.385 e. The van der Waals surface area contributed by atoms with Gasteiger partial charge in [0.15, 0.2) is 0 Å². The van der Waals surface area contributed by atoms with Gasteiger partial charge >= 0.3 is 12.1 Å². The minimum atomic E-state index is -0.825. The van der Waals surface area contributed by atoms with Crippen molar-refractivity contribution in [3.05, 3.63) is 107 Å². The molecule has 0 unspecified atom stereocenters. The second kappa shape index (κ2) is 15.8. The number of carbonyl (C=O) groups is 2. The fraction of sp³-hybridized carbons (Fsp3) is 0.459. The molecule has 8 nitrogen and oxygen atoms in total. The van der Waals surface area contributed by atoms with Crippen LogP contribution in [0.1, 0.15) is 62.1 Å². The first kappa shape index (κ1) is 33.8. The first-order valence-electron chi connectivity index (χ1n) is 16.7. The molecule has 0 aliphatic carbocycles. The Hall–Kier alpha value is -3.59. The van der Waals surface area contributed by atoms with E-state index in [1.165, 1.54) is 11.1 Å². The molecule has 3 aromatic carbocycles. The number of carbonyl (C=O) groups excluding carboxylic acids is 2. The Balaban J connectivity index is 1.23. The predicted molar refractivity (Wildman–Crippen MR) is 184 cm³/mol. The van der Waals surface area contributed by atoms with E-state index >= 15 is 0 Å². The van der Waals surface area contributed by atoms with Crippen molar-refractivity contribution in [2.45, 2.75) is 62.5 Å². The van der Waals surface area contributed by atoms with Crippen molar-refractivity contribution in [1.82, 2.24) is 25.8 Å². The third-order valence-corrected chi connectivity index (χ3v) is 10.0. The van der Waals surface area contributed by atoms with E-state index in [9.17, 15) is 14.7 Å². The molecule has 0 atom stereocenters. The van der Waals surface area contributed by atoms with Crippen molar-refractivity contribution in [3.8, 4) is 0 Å². The molecule has 0 radical (unpaired) electrons. The summed E-state index contributed by atoms with van der Waals surface area (Å²) in [5, 5.41) is 21.3. The van der Waals surface area contributed by atoms with E-state index in [0.717, 1.165) is 50.9 Å². The SMILES string of the molecule is CCNC(=O)N1CCC(NC(=O)NCC(CCCN2CCC(O)(c3ccc(Cl)cc3)CC2)(c2ccccc2)c2ccccc2)CC1. The lowest BCUT2D eigenvalue weighted by atomic mass is 9.71. The van der Waals surface area contributed by atoms with E-state index < -0.39 is 11.0 Å². The quantitative estimate of drug-likeness (QED) is 0.209. The van der Waals surface area contributed by atoms with Crippen LogP contribution in [0.3, 0.4) is 0 Å². The highest BCUT2D eigenvalue weighted by Gasteiger charge is 2.37. The molecule has 0 aromatic heterocycles. The molecule has 2 fully saturated rings. The van der Waals surface area contributed by atoms with Crippen LogP contribution in [0.2, 0.25) is 5.02 Å². The lowest BCUT2D eigenvalue weighted by Gasteiger charge is -2.40. The summed E-state index contributed by atoms with van der Waals surface area (Å²) in [6, 6.07) is 28.4. The van der Waals surface area contributed by atoms with E-state index in [2.05, 4.69) is 69.4 Å². The second-order valence-electron chi connectivity index (χ2n) is 12.7. The van der Waals surface area contributed by atoms with Crippen molar-refractivity contribution < 1.29 is 14.7 Å². The van der Waals surface area contributed by atoms with Gasteiger partial charge in [-0.05, 0) is 80.8 Å². The van der Waals surface area contributed by atoms with E-state index in [1.54, 1.807) is 0 Å². The Bertz CT molecular complexity index is 1350. The minimum absolute atomic E-state index is 0.0270. The highest BCUT2D eigenvalue weighted by Crippen LogP contribution is 2.38. The molecule has 46 heavy (non-hydrogen) atoms. The van der Waals surface area contributed by atoms with Crippen LogP contribution in [-0.4, -0.2) is 78.8 Å². The number of piperidine rings is 2. The van der Waals surface area contributed by atoms with Crippen LogP contribution in [-0.2, 0) is 11.0 Å². The van der Waals surface area contributed by atoms with Gasteiger partial charge in [0.2, 0.25) is 0 Å². The Morgan fingerprint density at radius 2 is 1.46 bits per heavy atom. The van der Waals surface area contributed by atoms with Gasteiger partial charge in [0.1, 0.15) is 0 Å². The Morgan fingerprint density at radius 3 is 2.02 bits per heavy atom. The maximum atomic E-state index is 13.3. The average Bonchev–Trinajstić information content (AvgIpc) is 3.09. The summed E-state index contributed by atoms with van der Waals surface area (Å²) in [5.74, 6) is 0. The summed E-state index contributed by atoms with van der Waals surface area (Å²) < 4.78 is 0. The summed E-state index contributed by atoms with van der Waals surface area (Å²) in [6.07, 6.45) is 4.61. The topological polar surface area (TPSA) is 96.9 Å². The fourth-order valence-electron chi connectivity index (χ4n) is 7.02. The van der Waals surface area contributed by atoms with Gasteiger partial charge in [-0.25, -0.2) is 9.59 Å². The smallest absolute Gasteiger partial charge is 0.317 e.